The van der Waals surface area contributed by atoms with E-state index in [1.807, 2.05) is 0 Å². The van der Waals surface area contributed by atoms with E-state index in [0.29, 0.717) is 6.04 Å². The summed E-state index contributed by atoms with van der Waals surface area (Å²) in [7, 11) is 1.76. The Hall–Kier alpha value is -0.0800. The second kappa shape index (κ2) is 10.0. The van der Waals surface area contributed by atoms with Gasteiger partial charge in [-0.3, -0.25) is 0 Å². The lowest BCUT2D eigenvalue weighted by Crippen LogP contribution is -2.26. The highest BCUT2D eigenvalue weighted by molar-refractivity contribution is 4.59. The van der Waals surface area contributed by atoms with E-state index in [-0.39, 0.29) is 0 Å². The predicted octanol–water partition coefficient (Wildman–Crippen LogP) is 2.58. The minimum Gasteiger partial charge on any atom is -0.385 e. The van der Waals surface area contributed by atoms with Crippen LogP contribution in [-0.2, 0) is 4.74 Å². The highest BCUT2D eigenvalue weighted by Crippen LogP contribution is 1.99. The fourth-order valence-electron chi connectivity index (χ4n) is 1.33. The number of nitrogens with one attached hydrogen (secondary N) is 1. The lowest BCUT2D eigenvalue weighted by molar-refractivity contribution is 0.192. The summed E-state index contributed by atoms with van der Waals surface area (Å²) in [6, 6.07) is 0.683. The molecule has 0 saturated heterocycles. The molecular formula is C11H25NO. The second-order valence-corrected chi connectivity index (χ2v) is 3.70. The molecule has 1 atom stereocenters. The summed E-state index contributed by atoms with van der Waals surface area (Å²) in [5.41, 5.74) is 0. The van der Waals surface area contributed by atoms with Crippen molar-refractivity contribution >= 4 is 0 Å². The van der Waals surface area contributed by atoms with Gasteiger partial charge in [0, 0.05) is 19.8 Å². The van der Waals surface area contributed by atoms with Crippen molar-refractivity contribution in [2.75, 3.05) is 20.3 Å². The molecule has 0 fully saturated rings. The van der Waals surface area contributed by atoms with Gasteiger partial charge in [-0.25, -0.2) is 0 Å². The van der Waals surface area contributed by atoms with Gasteiger partial charge < -0.3 is 10.1 Å². The van der Waals surface area contributed by atoms with Crippen LogP contribution in [0, 0.1) is 0 Å². The van der Waals surface area contributed by atoms with Crippen molar-refractivity contribution in [3.63, 3.8) is 0 Å². The van der Waals surface area contributed by atoms with Crippen LogP contribution in [0.3, 0.4) is 0 Å². The van der Waals surface area contributed by atoms with Crippen LogP contribution in [-0.4, -0.2) is 26.3 Å². The molecule has 1 N–H and O–H groups in total. The number of hydrogen-bond donors (Lipinski definition) is 1. The third-order valence-corrected chi connectivity index (χ3v) is 2.26. The van der Waals surface area contributed by atoms with Crippen LogP contribution in [0.2, 0.25) is 0 Å². The van der Waals surface area contributed by atoms with Crippen molar-refractivity contribution < 1.29 is 4.74 Å². The monoisotopic (exact) mass is 187 g/mol. The maximum atomic E-state index is 4.99. The number of hydrogen-bond acceptors (Lipinski definition) is 2. The summed E-state index contributed by atoms with van der Waals surface area (Å²) in [6.07, 6.45) is 6.34. The minimum absolute atomic E-state index is 0.683. The van der Waals surface area contributed by atoms with Crippen molar-refractivity contribution in [3.8, 4) is 0 Å². The fraction of sp³-hybridized carbons (Fsp3) is 1.00. The zero-order valence-corrected chi connectivity index (χ0v) is 9.44. The maximum absolute atomic E-state index is 4.99. The molecule has 1 unspecified atom stereocenters. The molecule has 0 rings (SSSR count). The molecule has 0 heterocycles. The Kier molecular flexibility index (Phi) is 9.94. The Morgan fingerprint density at radius 2 is 2.00 bits per heavy atom. The average molecular weight is 187 g/mol. The molecule has 0 aromatic rings. The molecular weight excluding hydrogens is 162 g/mol. The van der Waals surface area contributed by atoms with Gasteiger partial charge in [0.1, 0.15) is 0 Å². The molecule has 0 saturated carbocycles. The highest BCUT2D eigenvalue weighted by Gasteiger charge is 1.98. The van der Waals surface area contributed by atoms with Crippen molar-refractivity contribution in [1.29, 1.82) is 0 Å². The second-order valence-electron chi connectivity index (χ2n) is 3.70. The Morgan fingerprint density at radius 1 is 1.23 bits per heavy atom. The van der Waals surface area contributed by atoms with E-state index in [0.717, 1.165) is 13.2 Å². The Bertz CT molecular complexity index is 96.1. The van der Waals surface area contributed by atoms with Crippen LogP contribution >= 0.6 is 0 Å². The van der Waals surface area contributed by atoms with E-state index in [4.69, 9.17) is 4.74 Å². The summed E-state index contributed by atoms with van der Waals surface area (Å²) in [6.45, 7) is 6.54. The molecule has 0 radical (unpaired) electrons. The average Bonchev–Trinajstić information content (AvgIpc) is 2.14. The zero-order chi connectivity index (χ0) is 9.94. The van der Waals surface area contributed by atoms with Crippen LogP contribution < -0.4 is 5.32 Å². The first-order valence-electron chi connectivity index (χ1n) is 5.53. The van der Waals surface area contributed by atoms with Gasteiger partial charge in [0.15, 0.2) is 0 Å². The summed E-state index contributed by atoms with van der Waals surface area (Å²) in [5, 5.41) is 3.52. The predicted molar refractivity (Wildman–Crippen MR) is 58.1 cm³/mol. The zero-order valence-electron chi connectivity index (χ0n) is 9.44. The first-order chi connectivity index (χ1) is 6.31. The van der Waals surface area contributed by atoms with Crippen molar-refractivity contribution in [3.05, 3.63) is 0 Å². The van der Waals surface area contributed by atoms with E-state index in [2.05, 4.69) is 19.2 Å². The molecule has 13 heavy (non-hydrogen) atoms. The largest absolute Gasteiger partial charge is 0.385 e. The SMILES string of the molecule is CCCCC(C)NCCCCOC. The number of ether oxygens (including phenoxy) is 1. The summed E-state index contributed by atoms with van der Waals surface area (Å²) >= 11 is 0. The molecule has 0 aliphatic heterocycles. The van der Waals surface area contributed by atoms with Crippen LogP contribution in [0.1, 0.15) is 46.0 Å². The third-order valence-electron chi connectivity index (χ3n) is 2.26. The summed E-state index contributed by atoms with van der Waals surface area (Å²) < 4.78 is 4.99. The van der Waals surface area contributed by atoms with Crippen molar-refractivity contribution in [2.45, 2.75) is 52.0 Å². The van der Waals surface area contributed by atoms with Gasteiger partial charge in [-0.15, -0.1) is 0 Å². The molecule has 0 aliphatic carbocycles. The quantitative estimate of drug-likeness (QED) is 0.560. The van der Waals surface area contributed by atoms with Crippen LogP contribution in [0.5, 0.6) is 0 Å². The lowest BCUT2D eigenvalue weighted by atomic mass is 10.1. The van der Waals surface area contributed by atoms with Gasteiger partial charge in [-0.05, 0) is 32.7 Å². The molecule has 0 aliphatic rings. The molecule has 2 nitrogen and oxygen atoms in total. The molecule has 0 aromatic heterocycles. The van der Waals surface area contributed by atoms with Crippen molar-refractivity contribution in [2.24, 2.45) is 0 Å². The van der Waals surface area contributed by atoms with Gasteiger partial charge in [-0.1, -0.05) is 19.8 Å². The Morgan fingerprint density at radius 3 is 2.62 bits per heavy atom. The Labute approximate surface area is 83.1 Å². The minimum atomic E-state index is 0.683. The van der Waals surface area contributed by atoms with E-state index < -0.39 is 0 Å². The normalized spacial score (nSPS) is 13.2. The van der Waals surface area contributed by atoms with Crippen molar-refractivity contribution in [1.82, 2.24) is 5.32 Å². The summed E-state index contributed by atoms with van der Waals surface area (Å²) in [4.78, 5) is 0. The standard InChI is InChI=1S/C11H25NO/c1-4-5-8-11(2)12-9-6-7-10-13-3/h11-12H,4-10H2,1-3H3. The third kappa shape index (κ3) is 9.84. The van der Waals surface area contributed by atoms with Gasteiger partial charge in [0.2, 0.25) is 0 Å². The Balaban J connectivity index is 3.03. The molecule has 80 valence electrons. The first-order valence-corrected chi connectivity index (χ1v) is 5.53. The van der Waals surface area contributed by atoms with E-state index in [1.54, 1.807) is 7.11 Å². The highest BCUT2D eigenvalue weighted by atomic mass is 16.5. The lowest BCUT2D eigenvalue weighted by Gasteiger charge is -2.12. The summed E-state index contributed by atoms with van der Waals surface area (Å²) in [5.74, 6) is 0. The van der Waals surface area contributed by atoms with E-state index >= 15 is 0 Å². The fourth-order valence-corrected chi connectivity index (χ4v) is 1.33. The number of rotatable bonds is 9. The van der Waals surface area contributed by atoms with Gasteiger partial charge in [0.05, 0.1) is 0 Å². The van der Waals surface area contributed by atoms with Crippen LogP contribution in [0.25, 0.3) is 0 Å². The van der Waals surface area contributed by atoms with Gasteiger partial charge in [0.25, 0.3) is 0 Å². The molecule has 0 bridgehead atoms. The van der Waals surface area contributed by atoms with Crippen LogP contribution in [0.4, 0.5) is 0 Å². The number of unbranched alkanes of at least 4 members (excludes halogenated alkanes) is 2. The van der Waals surface area contributed by atoms with E-state index in [9.17, 15) is 0 Å². The molecule has 0 spiro atoms. The molecule has 0 amide bonds. The van der Waals surface area contributed by atoms with Gasteiger partial charge in [-0.2, -0.15) is 0 Å². The molecule has 2 heteroatoms. The van der Waals surface area contributed by atoms with E-state index in [1.165, 1.54) is 32.1 Å². The number of methoxy groups -OCH3 is 1. The molecule has 0 aromatic carbocycles. The topological polar surface area (TPSA) is 21.3 Å². The first kappa shape index (κ1) is 12.9. The van der Waals surface area contributed by atoms with Crippen LogP contribution in [0.15, 0.2) is 0 Å². The van der Waals surface area contributed by atoms with Gasteiger partial charge >= 0.3 is 0 Å². The maximum Gasteiger partial charge on any atom is 0.0462 e. The smallest absolute Gasteiger partial charge is 0.0462 e.